The van der Waals surface area contributed by atoms with E-state index < -0.39 is 0 Å². The van der Waals surface area contributed by atoms with Gasteiger partial charge in [-0.15, -0.1) is 0 Å². The molecule has 1 saturated carbocycles. The van der Waals surface area contributed by atoms with Gasteiger partial charge in [0.15, 0.2) is 0 Å². The summed E-state index contributed by atoms with van der Waals surface area (Å²) in [6.45, 7) is 0.486. The van der Waals surface area contributed by atoms with Gasteiger partial charge < -0.3 is 4.74 Å². The van der Waals surface area contributed by atoms with E-state index in [1.807, 2.05) is 0 Å². The summed E-state index contributed by atoms with van der Waals surface area (Å²) < 4.78 is 4.75. The second-order valence-corrected chi connectivity index (χ2v) is 2.58. The number of carbonyl (C=O) groups is 1. The van der Waals surface area contributed by atoms with E-state index in [0.29, 0.717) is 6.47 Å². The third-order valence-corrected chi connectivity index (χ3v) is 1.93. The molecule has 0 aromatic carbocycles. The van der Waals surface area contributed by atoms with Gasteiger partial charge >= 0.3 is 0 Å². The SMILES string of the molecule is CN(N)C1CCC1OC=O. The van der Waals surface area contributed by atoms with E-state index in [0.717, 1.165) is 12.8 Å². The van der Waals surface area contributed by atoms with Crippen molar-refractivity contribution in [3.8, 4) is 0 Å². The molecule has 10 heavy (non-hydrogen) atoms. The molecule has 0 aromatic heterocycles. The number of ether oxygens (including phenoxy) is 1. The minimum absolute atomic E-state index is 0.0208. The molecule has 4 heteroatoms. The zero-order chi connectivity index (χ0) is 7.56. The standard InChI is InChI=1S/C6H12N2O2/c1-8(7)5-2-3-6(5)10-4-9/h4-6H,2-3,7H2,1H3. The van der Waals surface area contributed by atoms with Gasteiger partial charge in [0.2, 0.25) is 0 Å². The Balaban J connectivity index is 2.28. The fraction of sp³-hybridized carbons (Fsp3) is 0.833. The maximum Gasteiger partial charge on any atom is 0.293 e. The fourth-order valence-corrected chi connectivity index (χ4v) is 1.15. The molecular weight excluding hydrogens is 132 g/mol. The van der Waals surface area contributed by atoms with Gasteiger partial charge in [-0.3, -0.25) is 10.6 Å². The van der Waals surface area contributed by atoms with Crippen LogP contribution in [0.5, 0.6) is 0 Å². The van der Waals surface area contributed by atoms with E-state index in [9.17, 15) is 4.79 Å². The third kappa shape index (κ3) is 1.27. The van der Waals surface area contributed by atoms with Gasteiger partial charge in [-0.2, -0.15) is 0 Å². The highest BCUT2D eigenvalue weighted by molar-refractivity contribution is 5.38. The molecule has 2 atom stereocenters. The topological polar surface area (TPSA) is 55.6 Å². The monoisotopic (exact) mass is 144 g/mol. The molecule has 1 aliphatic rings. The summed E-state index contributed by atoms with van der Waals surface area (Å²) in [5, 5.41) is 1.59. The van der Waals surface area contributed by atoms with Crippen LogP contribution in [0, 0.1) is 0 Å². The molecule has 2 unspecified atom stereocenters. The van der Waals surface area contributed by atoms with Crippen molar-refractivity contribution in [2.75, 3.05) is 7.05 Å². The maximum absolute atomic E-state index is 9.89. The van der Waals surface area contributed by atoms with E-state index in [4.69, 9.17) is 10.6 Å². The lowest BCUT2D eigenvalue weighted by Gasteiger charge is -2.38. The van der Waals surface area contributed by atoms with Crippen LogP contribution >= 0.6 is 0 Å². The van der Waals surface area contributed by atoms with Gasteiger partial charge in [0.1, 0.15) is 6.10 Å². The molecule has 2 N–H and O–H groups in total. The lowest BCUT2D eigenvalue weighted by molar-refractivity contribution is -0.143. The van der Waals surface area contributed by atoms with Crippen molar-refractivity contribution in [3.63, 3.8) is 0 Å². The summed E-state index contributed by atoms with van der Waals surface area (Å²) in [4.78, 5) is 9.89. The Morgan fingerprint density at radius 1 is 1.70 bits per heavy atom. The van der Waals surface area contributed by atoms with E-state index >= 15 is 0 Å². The first-order chi connectivity index (χ1) is 4.75. The summed E-state index contributed by atoms with van der Waals surface area (Å²) in [6, 6.07) is 0.227. The maximum atomic E-state index is 9.89. The minimum Gasteiger partial charge on any atom is -0.463 e. The molecule has 1 aliphatic carbocycles. The first-order valence-corrected chi connectivity index (χ1v) is 3.32. The number of hydrogen-bond donors (Lipinski definition) is 1. The Bertz CT molecular complexity index is 127. The molecule has 1 fully saturated rings. The van der Waals surface area contributed by atoms with Gasteiger partial charge in [-0.1, -0.05) is 0 Å². The zero-order valence-electron chi connectivity index (χ0n) is 5.99. The van der Waals surface area contributed by atoms with Crippen molar-refractivity contribution in [3.05, 3.63) is 0 Å². The lowest BCUT2D eigenvalue weighted by atomic mass is 9.89. The minimum atomic E-state index is 0.0208. The highest BCUT2D eigenvalue weighted by Crippen LogP contribution is 2.25. The van der Waals surface area contributed by atoms with Crippen LogP contribution in [0.25, 0.3) is 0 Å². The van der Waals surface area contributed by atoms with Crippen molar-refractivity contribution in [2.24, 2.45) is 5.84 Å². The Kier molecular flexibility index (Phi) is 2.24. The van der Waals surface area contributed by atoms with Crippen molar-refractivity contribution in [1.29, 1.82) is 0 Å². The van der Waals surface area contributed by atoms with Crippen molar-refractivity contribution < 1.29 is 9.53 Å². The first-order valence-electron chi connectivity index (χ1n) is 3.32. The second kappa shape index (κ2) is 2.98. The summed E-state index contributed by atoms with van der Waals surface area (Å²) in [5.41, 5.74) is 0. The van der Waals surface area contributed by atoms with Gasteiger partial charge in [0.05, 0.1) is 6.04 Å². The predicted molar refractivity (Wildman–Crippen MR) is 35.9 cm³/mol. The van der Waals surface area contributed by atoms with Crippen LogP contribution in [0.1, 0.15) is 12.8 Å². The quantitative estimate of drug-likeness (QED) is 0.329. The highest BCUT2D eigenvalue weighted by Gasteiger charge is 2.34. The van der Waals surface area contributed by atoms with Crippen LogP contribution in [0.15, 0.2) is 0 Å². The molecule has 0 bridgehead atoms. The highest BCUT2D eigenvalue weighted by atomic mass is 16.5. The Morgan fingerprint density at radius 2 is 2.40 bits per heavy atom. The van der Waals surface area contributed by atoms with E-state index in [2.05, 4.69) is 0 Å². The summed E-state index contributed by atoms with van der Waals surface area (Å²) in [7, 11) is 1.78. The van der Waals surface area contributed by atoms with Crippen molar-refractivity contribution >= 4 is 6.47 Å². The molecule has 0 amide bonds. The van der Waals surface area contributed by atoms with Gasteiger partial charge in [0.25, 0.3) is 6.47 Å². The second-order valence-electron chi connectivity index (χ2n) is 2.58. The lowest BCUT2D eigenvalue weighted by Crippen LogP contribution is -2.52. The average Bonchev–Trinajstić information content (AvgIpc) is 1.78. The van der Waals surface area contributed by atoms with E-state index in [-0.39, 0.29) is 12.1 Å². The molecule has 0 spiro atoms. The zero-order valence-corrected chi connectivity index (χ0v) is 5.99. The van der Waals surface area contributed by atoms with Crippen LogP contribution < -0.4 is 5.84 Å². The normalized spacial score (nSPS) is 31.5. The van der Waals surface area contributed by atoms with E-state index in [1.54, 1.807) is 12.1 Å². The largest absolute Gasteiger partial charge is 0.463 e. The number of nitrogens with zero attached hydrogens (tertiary/aromatic N) is 1. The van der Waals surface area contributed by atoms with Crippen LogP contribution in [0.4, 0.5) is 0 Å². The molecular formula is C6H12N2O2. The Labute approximate surface area is 59.9 Å². The van der Waals surface area contributed by atoms with Gasteiger partial charge in [-0.05, 0) is 12.8 Å². The molecule has 0 saturated heterocycles. The summed E-state index contributed by atoms with van der Waals surface area (Å²) >= 11 is 0. The first kappa shape index (κ1) is 7.50. The number of carbonyl (C=O) groups excluding carboxylic acids is 1. The molecule has 0 heterocycles. The van der Waals surface area contributed by atoms with Crippen LogP contribution in [0.3, 0.4) is 0 Å². The molecule has 1 rings (SSSR count). The van der Waals surface area contributed by atoms with Gasteiger partial charge in [0, 0.05) is 7.05 Å². The molecule has 0 aliphatic heterocycles. The predicted octanol–water partition coefficient (Wildman–Crippen LogP) is -0.504. The van der Waals surface area contributed by atoms with E-state index in [1.165, 1.54) is 0 Å². The fourth-order valence-electron chi connectivity index (χ4n) is 1.15. The summed E-state index contributed by atoms with van der Waals surface area (Å²) in [6.07, 6.45) is 1.98. The Morgan fingerprint density at radius 3 is 2.70 bits per heavy atom. The van der Waals surface area contributed by atoms with Crippen molar-refractivity contribution in [2.45, 2.75) is 25.0 Å². The smallest absolute Gasteiger partial charge is 0.293 e. The number of hydrogen-bond acceptors (Lipinski definition) is 4. The van der Waals surface area contributed by atoms with Gasteiger partial charge in [-0.25, -0.2) is 5.01 Å². The van der Waals surface area contributed by atoms with Crippen molar-refractivity contribution in [1.82, 2.24) is 5.01 Å². The number of likely N-dealkylation sites (N-methyl/N-ethyl adjacent to an activating group) is 1. The number of hydrazine groups is 1. The third-order valence-electron chi connectivity index (χ3n) is 1.93. The average molecular weight is 144 g/mol. The Hall–Kier alpha value is -0.610. The number of rotatable bonds is 3. The molecule has 0 radical (unpaired) electrons. The summed E-state index contributed by atoms with van der Waals surface area (Å²) in [5.74, 6) is 5.46. The molecule has 58 valence electrons. The van der Waals surface area contributed by atoms with Crippen LogP contribution in [0.2, 0.25) is 0 Å². The van der Waals surface area contributed by atoms with Crippen LogP contribution in [-0.2, 0) is 9.53 Å². The number of nitrogens with two attached hydrogens (primary N) is 1. The molecule has 4 nitrogen and oxygen atoms in total. The van der Waals surface area contributed by atoms with Crippen LogP contribution in [-0.4, -0.2) is 30.7 Å². The molecule has 0 aromatic rings.